The van der Waals surface area contributed by atoms with Crippen LogP contribution in [-0.4, -0.2) is 47.4 Å². The summed E-state index contributed by atoms with van der Waals surface area (Å²) in [7, 11) is 0. The molecule has 0 aliphatic carbocycles. The molecule has 0 spiro atoms. The van der Waals surface area contributed by atoms with E-state index in [0.717, 1.165) is 44.9 Å². The number of rotatable bonds is 56. The molecule has 0 radical (unpaired) electrons. The van der Waals surface area contributed by atoms with Gasteiger partial charge in [0.05, 0.1) is 25.4 Å². The number of esters is 1. The zero-order valence-corrected chi connectivity index (χ0v) is 45.1. The van der Waals surface area contributed by atoms with E-state index in [9.17, 15) is 19.8 Å². The fourth-order valence-corrected chi connectivity index (χ4v) is 9.32. The van der Waals surface area contributed by atoms with Crippen LogP contribution in [0.5, 0.6) is 0 Å². The van der Waals surface area contributed by atoms with Crippen LogP contribution in [0.2, 0.25) is 0 Å². The Bertz CT molecular complexity index is 1040. The number of hydrogen-bond acceptors (Lipinski definition) is 5. The highest BCUT2D eigenvalue weighted by atomic mass is 16.5. The smallest absolute Gasteiger partial charge is 0.305 e. The first-order chi connectivity index (χ1) is 33.0. The Morgan fingerprint density at radius 3 is 1.10 bits per heavy atom. The minimum atomic E-state index is -0.843. The summed E-state index contributed by atoms with van der Waals surface area (Å²) in [6.07, 6.45) is 69.3. The van der Waals surface area contributed by atoms with Crippen molar-refractivity contribution in [2.45, 2.75) is 341 Å². The summed E-state index contributed by atoms with van der Waals surface area (Å²) in [5.41, 5.74) is 0. The van der Waals surface area contributed by atoms with Crippen LogP contribution in [0.15, 0.2) is 24.3 Å². The number of allylic oxidation sites excluding steroid dienone is 3. The first-order valence-corrected chi connectivity index (χ1v) is 30.1. The number of nitrogens with one attached hydrogen (secondary N) is 1. The molecular formula is C61H117NO5. The summed E-state index contributed by atoms with van der Waals surface area (Å²) < 4.78 is 5.46. The van der Waals surface area contributed by atoms with E-state index < -0.39 is 12.1 Å². The van der Waals surface area contributed by atoms with Gasteiger partial charge in [-0.15, -0.1) is 0 Å². The van der Waals surface area contributed by atoms with Crippen molar-refractivity contribution in [1.82, 2.24) is 5.32 Å². The van der Waals surface area contributed by atoms with Crippen LogP contribution in [0.25, 0.3) is 0 Å². The molecule has 0 saturated heterocycles. The molecule has 6 nitrogen and oxygen atoms in total. The van der Waals surface area contributed by atoms with Crippen molar-refractivity contribution >= 4 is 11.9 Å². The van der Waals surface area contributed by atoms with E-state index in [0.29, 0.717) is 19.4 Å². The fraction of sp³-hybridized carbons (Fsp3) is 0.902. The Morgan fingerprint density at radius 2 is 0.716 bits per heavy atom. The highest BCUT2D eigenvalue weighted by Crippen LogP contribution is 2.17. The van der Waals surface area contributed by atoms with Crippen LogP contribution in [0, 0.1) is 0 Å². The van der Waals surface area contributed by atoms with Gasteiger partial charge in [0.2, 0.25) is 5.91 Å². The average Bonchev–Trinajstić information content (AvgIpc) is 3.33. The maximum atomic E-state index is 12.5. The van der Waals surface area contributed by atoms with Gasteiger partial charge >= 0.3 is 5.97 Å². The van der Waals surface area contributed by atoms with Crippen LogP contribution >= 0.6 is 0 Å². The van der Waals surface area contributed by atoms with Gasteiger partial charge in [0.15, 0.2) is 0 Å². The Labute approximate surface area is 418 Å². The predicted molar refractivity (Wildman–Crippen MR) is 292 cm³/mol. The average molecular weight is 945 g/mol. The molecule has 0 aliphatic heterocycles. The van der Waals surface area contributed by atoms with Crippen molar-refractivity contribution in [3.63, 3.8) is 0 Å². The summed E-state index contributed by atoms with van der Waals surface area (Å²) in [4.78, 5) is 24.4. The highest BCUT2D eigenvalue weighted by molar-refractivity contribution is 5.76. The van der Waals surface area contributed by atoms with E-state index in [1.54, 1.807) is 6.08 Å². The molecule has 0 aromatic rings. The number of aliphatic hydroxyl groups is 2. The second-order valence-corrected chi connectivity index (χ2v) is 20.7. The number of amides is 1. The van der Waals surface area contributed by atoms with Crippen molar-refractivity contribution in [1.29, 1.82) is 0 Å². The molecule has 396 valence electrons. The molecule has 0 rings (SSSR count). The van der Waals surface area contributed by atoms with Crippen LogP contribution < -0.4 is 5.32 Å². The molecule has 0 aromatic carbocycles. The number of unbranched alkanes of at least 4 members (excludes halogenated alkanes) is 43. The third-order valence-corrected chi connectivity index (χ3v) is 14.0. The second-order valence-electron chi connectivity index (χ2n) is 20.7. The van der Waals surface area contributed by atoms with Crippen LogP contribution in [0.4, 0.5) is 0 Å². The first-order valence-electron chi connectivity index (χ1n) is 30.1. The maximum Gasteiger partial charge on any atom is 0.305 e. The highest BCUT2D eigenvalue weighted by Gasteiger charge is 2.18. The summed E-state index contributed by atoms with van der Waals surface area (Å²) >= 11 is 0. The van der Waals surface area contributed by atoms with E-state index in [-0.39, 0.29) is 18.5 Å². The van der Waals surface area contributed by atoms with Gasteiger partial charge in [-0.25, -0.2) is 0 Å². The van der Waals surface area contributed by atoms with Crippen molar-refractivity contribution < 1.29 is 24.5 Å². The molecule has 3 N–H and O–H groups in total. The lowest BCUT2D eigenvalue weighted by atomic mass is 10.0. The lowest BCUT2D eigenvalue weighted by molar-refractivity contribution is -0.143. The molecule has 2 unspecified atom stereocenters. The molecule has 2 atom stereocenters. The maximum absolute atomic E-state index is 12.5. The molecule has 1 amide bonds. The van der Waals surface area contributed by atoms with Gasteiger partial charge in [0.25, 0.3) is 0 Å². The number of carbonyl (C=O) groups is 2. The molecule has 0 heterocycles. The number of ether oxygens (including phenoxy) is 1. The van der Waals surface area contributed by atoms with Gasteiger partial charge in [-0.3, -0.25) is 9.59 Å². The molecule has 0 saturated carbocycles. The predicted octanol–water partition coefficient (Wildman–Crippen LogP) is 18.6. The largest absolute Gasteiger partial charge is 0.466 e. The molecule has 0 aromatic heterocycles. The number of carbonyl (C=O) groups excluding carboxylic acids is 2. The zero-order chi connectivity index (χ0) is 48.6. The van der Waals surface area contributed by atoms with Crippen molar-refractivity contribution in [3.8, 4) is 0 Å². The van der Waals surface area contributed by atoms with E-state index in [1.165, 1.54) is 257 Å². The van der Waals surface area contributed by atoms with Crippen LogP contribution in [-0.2, 0) is 14.3 Å². The van der Waals surface area contributed by atoms with Crippen molar-refractivity contribution in [2.75, 3.05) is 13.2 Å². The van der Waals surface area contributed by atoms with Gasteiger partial charge in [-0.05, 0) is 51.4 Å². The molecule has 0 fully saturated rings. The van der Waals surface area contributed by atoms with Gasteiger partial charge in [0, 0.05) is 12.8 Å². The van der Waals surface area contributed by atoms with Gasteiger partial charge < -0.3 is 20.3 Å². The third kappa shape index (κ3) is 53.5. The summed E-state index contributed by atoms with van der Waals surface area (Å²) in [6, 6.07) is -0.626. The Kier molecular flexibility index (Phi) is 55.5. The molecule has 6 heteroatoms. The second kappa shape index (κ2) is 56.9. The topological polar surface area (TPSA) is 95.9 Å². The zero-order valence-electron chi connectivity index (χ0n) is 45.1. The third-order valence-electron chi connectivity index (χ3n) is 14.0. The first kappa shape index (κ1) is 65.3. The summed E-state index contributed by atoms with van der Waals surface area (Å²) in [5.74, 6) is -0.0614. The number of aliphatic hydroxyl groups excluding tert-OH is 2. The minimum absolute atomic E-state index is 0.00394. The SMILES string of the molecule is CCCC/C=C\CCCCCCCC(=O)OCCCCCCCCCCCCCCCCCCCCCCCCCCC(=O)NC(CO)C(O)/C=C/CCCCCCCCCCCCCCC. The van der Waals surface area contributed by atoms with E-state index >= 15 is 0 Å². The van der Waals surface area contributed by atoms with Gasteiger partial charge in [-0.1, -0.05) is 289 Å². The Hall–Kier alpha value is -1.66. The molecule has 0 aliphatic rings. The van der Waals surface area contributed by atoms with Crippen LogP contribution in [0.1, 0.15) is 328 Å². The summed E-state index contributed by atoms with van der Waals surface area (Å²) in [6.45, 7) is 4.88. The van der Waals surface area contributed by atoms with Crippen LogP contribution in [0.3, 0.4) is 0 Å². The van der Waals surface area contributed by atoms with E-state index in [1.807, 2.05) is 6.08 Å². The number of hydrogen-bond donors (Lipinski definition) is 3. The lowest BCUT2D eigenvalue weighted by Crippen LogP contribution is -2.45. The normalized spacial score (nSPS) is 12.7. The van der Waals surface area contributed by atoms with E-state index in [2.05, 4.69) is 31.3 Å². The monoisotopic (exact) mass is 944 g/mol. The lowest BCUT2D eigenvalue weighted by Gasteiger charge is -2.20. The Morgan fingerprint density at radius 1 is 0.403 bits per heavy atom. The van der Waals surface area contributed by atoms with Crippen molar-refractivity contribution in [2.24, 2.45) is 0 Å². The molecular weight excluding hydrogens is 827 g/mol. The quantitative estimate of drug-likeness (QED) is 0.0321. The summed E-state index contributed by atoms with van der Waals surface area (Å²) in [5, 5.41) is 23.1. The molecule has 67 heavy (non-hydrogen) atoms. The fourth-order valence-electron chi connectivity index (χ4n) is 9.32. The van der Waals surface area contributed by atoms with Crippen molar-refractivity contribution in [3.05, 3.63) is 24.3 Å². The minimum Gasteiger partial charge on any atom is -0.466 e. The Balaban J connectivity index is 3.39. The standard InChI is InChI=1S/C61H117NO5/c1-3-5-7-9-11-13-15-16-27-30-34-37-41-45-49-53-59(64)58(57-63)62-60(65)54-50-46-42-38-35-31-28-25-23-21-19-17-18-20-22-24-26-29-32-36-40-44-48-52-56-67-61(66)55-51-47-43-39-33-14-12-10-8-6-4-2/h10,12,49,53,58-59,63-64H,3-9,11,13-48,50-52,54-57H2,1-2H3,(H,62,65)/b12-10-,53-49+. The molecule has 0 bridgehead atoms. The van der Waals surface area contributed by atoms with Gasteiger partial charge in [-0.2, -0.15) is 0 Å². The van der Waals surface area contributed by atoms with E-state index in [4.69, 9.17) is 4.74 Å². The van der Waals surface area contributed by atoms with Gasteiger partial charge in [0.1, 0.15) is 0 Å².